The van der Waals surface area contributed by atoms with Gasteiger partial charge in [-0.2, -0.15) is 5.21 Å². The molecule has 9 nitrogen and oxygen atoms in total. The number of carbonyl (C=O) groups excluding carboxylic acids is 1. The van der Waals surface area contributed by atoms with Crippen molar-refractivity contribution in [2.24, 2.45) is 5.92 Å². The number of methoxy groups -OCH3 is 1. The Hall–Kier alpha value is -3.75. The van der Waals surface area contributed by atoms with Gasteiger partial charge in [0.25, 0.3) is 0 Å². The highest BCUT2D eigenvalue weighted by atomic mass is 16.5. The first-order valence-corrected chi connectivity index (χ1v) is 9.42. The van der Waals surface area contributed by atoms with E-state index >= 15 is 0 Å². The normalized spacial score (nSPS) is 11.9. The van der Waals surface area contributed by atoms with Crippen molar-refractivity contribution in [3.8, 4) is 22.5 Å². The van der Waals surface area contributed by atoms with Crippen LogP contribution < -0.4 is 0 Å². The minimum Gasteiger partial charge on any atom is -0.480 e. The number of carboxylic acid groups (broad SMARTS) is 1. The van der Waals surface area contributed by atoms with Crippen LogP contribution in [0.15, 0.2) is 48.5 Å². The molecule has 3 aromatic rings. The molecule has 156 valence electrons. The topological polar surface area (TPSA) is 121 Å². The first-order valence-electron chi connectivity index (χ1n) is 9.42. The summed E-state index contributed by atoms with van der Waals surface area (Å²) < 4.78 is 4.82. The van der Waals surface area contributed by atoms with Gasteiger partial charge in [0, 0.05) is 12.1 Å². The molecule has 1 aromatic heterocycles. The summed E-state index contributed by atoms with van der Waals surface area (Å²) in [5.41, 5.74) is 3.48. The number of H-pyrrole nitrogens is 1. The number of aromatic amines is 1. The van der Waals surface area contributed by atoms with E-state index in [1.807, 2.05) is 48.5 Å². The number of tetrazole rings is 1. The Morgan fingerprint density at radius 1 is 1.10 bits per heavy atom. The molecule has 0 spiro atoms. The zero-order valence-electron chi connectivity index (χ0n) is 16.9. The number of hydrogen-bond acceptors (Lipinski definition) is 6. The second-order valence-corrected chi connectivity index (χ2v) is 7.10. The summed E-state index contributed by atoms with van der Waals surface area (Å²) in [7, 11) is 1.24. The smallest absolute Gasteiger partial charge is 0.410 e. The van der Waals surface area contributed by atoms with Crippen LogP contribution in [-0.4, -0.2) is 55.8 Å². The van der Waals surface area contributed by atoms with Gasteiger partial charge in [0.15, 0.2) is 0 Å². The van der Waals surface area contributed by atoms with E-state index in [0.717, 1.165) is 22.3 Å². The van der Waals surface area contributed by atoms with Gasteiger partial charge in [-0.1, -0.05) is 62.4 Å². The number of hydrogen-bond donors (Lipinski definition) is 2. The molecule has 0 aliphatic carbocycles. The predicted octanol–water partition coefficient (Wildman–Crippen LogP) is 3.21. The van der Waals surface area contributed by atoms with E-state index in [1.165, 1.54) is 12.0 Å². The molecule has 0 radical (unpaired) electrons. The lowest BCUT2D eigenvalue weighted by Gasteiger charge is -2.30. The fourth-order valence-corrected chi connectivity index (χ4v) is 3.36. The van der Waals surface area contributed by atoms with Gasteiger partial charge in [-0.25, -0.2) is 9.59 Å². The van der Waals surface area contributed by atoms with Gasteiger partial charge in [0.2, 0.25) is 5.82 Å². The van der Waals surface area contributed by atoms with Crippen LogP contribution in [0.5, 0.6) is 0 Å². The minimum atomic E-state index is -1.07. The summed E-state index contributed by atoms with van der Waals surface area (Å²) in [5.74, 6) is -0.850. The third-order valence-corrected chi connectivity index (χ3v) is 4.76. The van der Waals surface area contributed by atoms with Gasteiger partial charge in [0.05, 0.1) is 7.11 Å². The van der Waals surface area contributed by atoms with Crippen LogP contribution >= 0.6 is 0 Å². The Labute approximate surface area is 173 Å². The molecule has 0 saturated heterocycles. The molecule has 0 saturated carbocycles. The number of amides is 1. The van der Waals surface area contributed by atoms with Gasteiger partial charge in [-0.15, -0.1) is 10.2 Å². The molecule has 3 rings (SSSR count). The lowest BCUT2D eigenvalue weighted by atomic mass is 9.97. The van der Waals surface area contributed by atoms with Gasteiger partial charge >= 0.3 is 12.1 Å². The summed E-state index contributed by atoms with van der Waals surface area (Å²) >= 11 is 0. The highest BCUT2D eigenvalue weighted by molar-refractivity contribution is 5.81. The van der Waals surface area contributed by atoms with Crippen molar-refractivity contribution >= 4 is 12.1 Å². The van der Waals surface area contributed by atoms with E-state index in [1.54, 1.807) is 13.8 Å². The van der Waals surface area contributed by atoms with Crippen LogP contribution in [-0.2, 0) is 16.1 Å². The summed E-state index contributed by atoms with van der Waals surface area (Å²) in [4.78, 5) is 25.2. The molecule has 2 aromatic carbocycles. The Morgan fingerprint density at radius 3 is 2.30 bits per heavy atom. The van der Waals surface area contributed by atoms with Crippen molar-refractivity contribution in [2.75, 3.05) is 7.11 Å². The molecule has 0 aliphatic rings. The lowest BCUT2D eigenvalue weighted by molar-refractivity contribution is -0.144. The molecule has 1 amide bonds. The molecule has 0 unspecified atom stereocenters. The van der Waals surface area contributed by atoms with Crippen molar-refractivity contribution in [1.29, 1.82) is 0 Å². The standard InChI is InChI=1S/C21H23N5O4/c1-13(2)18(20(27)28)26(21(29)30-3)12-14-8-10-15(11-9-14)16-6-4-5-7-17(16)19-22-24-25-23-19/h4-11,13,18H,12H2,1-3H3,(H,27,28)(H,22,23,24,25)/t18-/m0/s1. The van der Waals surface area contributed by atoms with E-state index in [0.29, 0.717) is 5.82 Å². The van der Waals surface area contributed by atoms with Gasteiger partial charge in [-0.3, -0.25) is 4.90 Å². The molecule has 9 heteroatoms. The van der Waals surface area contributed by atoms with E-state index in [-0.39, 0.29) is 12.5 Å². The monoisotopic (exact) mass is 409 g/mol. The average molecular weight is 409 g/mol. The van der Waals surface area contributed by atoms with Crippen molar-refractivity contribution < 1.29 is 19.4 Å². The predicted molar refractivity (Wildman–Crippen MR) is 109 cm³/mol. The van der Waals surface area contributed by atoms with Crippen molar-refractivity contribution in [1.82, 2.24) is 25.5 Å². The molecule has 0 bridgehead atoms. The van der Waals surface area contributed by atoms with E-state index in [9.17, 15) is 14.7 Å². The van der Waals surface area contributed by atoms with Crippen LogP contribution in [0.4, 0.5) is 4.79 Å². The molecular formula is C21H23N5O4. The molecule has 1 heterocycles. The first-order chi connectivity index (χ1) is 14.4. The number of benzene rings is 2. The van der Waals surface area contributed by atoms with Crippen LogP contribution in [0.1, 0.15) is 19.4 Å². The van der Waals surface area contributed by atoms with E-state index in [2.05, 4.69) is 20.6 Å². The highest BCUT2D eigenvalue weighted by Crippen LogP contribution is 2.30. The number of nitrogens with one attached hydrogen (secondary N) is 1. The number of carboxylic acids is 1. The Kier molecular flexibility index (Phi) is 6.41. The van der Waals surface area contributed by atoms with Crippen LogP contribution in [0.3, 0.4) is 0 Å². The highest BCUT2D eigenvalue weighted by Gasteiger charge is 2.33. The number of nitrogens with zero attached hydrogens (tertiary/aromatic N) is 4. The first kappa shape index (κ1) is 21.0. The average Bonchev–Trinajstić information content (AvgIpc) is 3.27. The Balaban J connectivity index is 1.89. The Bertz CT molecular complexity index is 1000. The molecule has 30 heavy (non-hydrogen) atoms. The van der Waals surface area contributed by atoms with E-state index in [4.69, 9.17) is 4.74 Å². The summed E-state index contributed by atoms with van der Waals surface area (Å²) in [6.07, 6.45) is -0.678. The third kappa shape index (κ3) is 4.45. The maximum Gasteiger partial charge on any atom is 0.410 e. The van der Waals surface area contributed by atoms with Crippen molar-refractivity contribution in [2.45, 2.75) is 26.4 Å². The van der Waals surface area contributed by atoms with Crippen LogP contribution in [0.2, 0.25) is 0 Å². The van der Waals surface area contributed by atoms with Crippen molar-refractivity contribution in [3.05, 3.63) is 54.1 Å². The molecular weight excluding hydrogens is 386 g/mol. The zero-order chi connectivity index (χ0) is 21.7. The van der Waals surface area contributed by atoms with E-state index < -0.39 is 18.1 Å². The number of ether oxygens (including phenoxy) is 1. The quantitative estimate of drug-likeness (QED) is 0.614. The van der Waals surface area contributed by atoms with Gasteiger partial charge in [0.1, 0.15) is 6.04 Å². The van der Waals surface area contributed by atoms with Gasteiger partial charge < -0.3 is 9.84 Å². The molecule has 0 fully saturated rings. The SMILES string of the molecule is COC(=O)N(Cc1ccc(-c2ccccc2-c2nn[nH]n2)cc1)[C@H](C(=O)O)C(C)C. The summed E-state index contributed by atoms with van der Waals surface area (Å²) in [5, 5.41) is 23.8. The number of carbonyl (C=O) groups is 2. The third-order valence-electron chi connectivity index (χ3n) is 4.76. The maximum atomic E-state index is 12.2. The van der Waals surface area contributed by atoms with Crippen LogP contribution in [0.25, 0.3) is 22.5 Å². The minimum absolute atomic E-state index is 0.120. The summed E-state index contributed by atoms with van der Waals surface area (Å²) in [6, 6.07) is 14.2. The zero-order valence-corrected chi connectivity index (χ0v) is 16.9. The second kappa shape index (κ2) is 9.17. The number of aromatic nitrogens is 4. The summed E-state index contributed by atoms with van der Waals surface area (Å²) in [6.45, 7) is 3.63. The largest absolute Gasteiger partial charge is 0.480 e. The number of rotatable bonds is 7. The lowest BCUT2D eigenvalue weighted by Crippen LogP contribution is -2.47. The molecule has 1 atom stereocenters. The van der Waals surface area contributed by atoms with Gasteiger partial charge in [-0.05, 0) is 27.8 Å². The Morgan fingerprint density at radius 2 is 1.77 bits per heavy atom. The fraction of sp³-hybridized carbons (Fsp3) is 0.286. The van der Waals surface area contributed by atoms with Crippen molar-refractivity contribution in [3.63, 3.8) is 0 Å². The molecule has 2 N–H and O–H groups in total. The number of aliphatic carboxylic acids is 1. The molecule has 0 aliphatic heterocycles. The second-order valence-electron chi connectivity index (χ2n) is 7.10. The fourth-order valence-electron chi connectivity index (χ4n) is 3.36. The van der Waals surface area contributed by atoms with Crippen LogP contribution in [0, 0.1) is 5.92 Å². The maximum absolute atomic E-state index is 12.2.